The first-order valence-corrected chi connectivity index (χ1v) is 8.10. The molecule has 21 heavy (non-hydrogen) atoms. The van der Waals surface area contributed by atoms with Gasteiger partial charge in [0.05, 0.1) is 10.7 Å². The molecule has 0 aliphatic carbocycles. The first kappa shape index (κ1) is 14.2. The summed E-state index contributed by atoms with van der Waals surface area (Å²) >= 11 is 4.77. The molecule has 2 aromatic heterocycles. The summed E-state index contributed by atoms with van der Waals surface area (Å²) < 4.78 is 7.09. The summed E-state index contributed by atoms with van der Waals surface area (Å²) in [6, 6.07) is 8.36. The second-order valence-corrected chi connectivity index (χ2v) is 6.31. The van der Waals surface area contributed by atoms with Crippen molar-refractivity contribution in [1.82, 2.24) is 19.1 Å². The highest BCUT2D eigenvalue weighted by atomic mass is 79.9. The molecule has 0 atom stereocenters. The molecule has 0 unspecified atom stereocenters. The molecule has 0 amide bonds. The summed E-state index contributed by atoms with van der Waals surface area (Å²) in [7, 11) is 0. The maximum absolute atomic E-state index is 4.29. The van der Waals surface area contributed by atoms with Crippen LogP contribution >= 0.6 is 27.5 Å². The monoisotopic (exact) mass is 363 g/mol. The van der Waals surface area contributed by atoms with Gasteiger partial charge in [0.2, 0.25) is 5.13 Å². The van der Waals surface area contributed by atoms with Gasteiger partial charge in [0.1, 0.15) is 5.82 Å². The normalized spacial score (nSPS) is 10.8. The topological polar surface area (TPSA) is 55.6 Å². The van der Waals surface area contributed by atoms with Crippen LogP contribution in [-0.2, 0) is 13.0 Å². The fourth-order valence-corrected chi connectivity index (χ4v) is 2.85. The number of benzene rings is 1. The van der Waals surface area contributed by atoms with Gasteiger partial charge in [-0.1, -0.05) is 12.1 Å². The average Bonchev–Trinajstić information content (AvgIpc) is 3.07. The Morgan fingerprint density at radius 1 is 1.29 bits per heavy atom. The van der Waals surface area contributed by atoms with Gasteiger partial charge < -0.3 is 5.32 Å². The third-order valence-electron chi connectivity index (χ3n) is 2.96. The first-order chi connectivity index (χ1) is 10.2. The average molecular weight is 364 g/mol. The summed E-state index contributed by atoms with van der Waals surface area (Å²) in [6.07, 6.45) is 4.73. The molecule has 2 heterocycles. The van der Waals surface area contributed by atoms with Gasteiger partial charge >= 0.3 is 0 Å². The maximum Gasteiger partial charge on any atom is 0.207 e. The lowest BCUT2D eigenvalue weighted by Crippen LogP contribution is -2.01. The van der Waals surface area contributed by atoms with E-state index in [1.807, 2.05) is 17.8 Å². The number of hydrogen-bond acceptors (Lipinski definition) is 5. The molecule has 0 bridgehead atoms. The number of halogens is 1. The third kappa shape index (κ3) is 3.89. The Kier molecular flexibility index (Phi) is 4.31. The quantitative estimate of drug-likeness (QED) is 0.748. The fraction of sp³-hybridized carbons (Fsp3) is 0.214. The molecular weight excluding hydrogens is 350 g/mol. The van der Waals surface area contributed by atoms with E-state index >= 15 is 0 Å². The standard InChI is InChI=1S/C14H14BrN5S/c1-10-17-14(21-19-10)18-13-4-2-11(3-5-13)6-7-20-9-12(15)8-16-20/h2-5,8-9H,6-7H2,1H3,(H,17,18,19). The van der Waals surface area contributed by atoms with Crippen molar-refractivity contribution in [2.45, 2.75) is 19.9 Å². The summed E-state index contributed by atoms with van der Waals surface area (Å²) in [6.45, 7) is 2.76. The van der Waals surface area contributed by atoms with Gasteiger partial charge in [-0.3, -0.25) is 4.68 Å². The molecule has 3 aromatic rings. The van der Waals surface area contributed by atoms with Crippen molar-refractivity contribution in [3.63, 3.8) is 0 Å². The van der Waals surface area contributed by atoms with Crippen molar-refractivity contribution in [1.29, 1.82) is 0 Å². The minimum Gasteiger partial charge on any atom is -0.330 e. The minimum absolute atomic E-state index is 0.796. The molecule has 0 spiro atoms. The lowest BCUT2D eigenvalue weighted by Gasteiger charge is -2.05. The Bertz CT molecular complexity index is 719. The number of nitrogens with zero attached hydrogens (tertiary/aromatic N) is 4. The highest BCUT2D eigenvalue weighted by Gasteiger charge is 2.01. The van der Waals surface area contributed by atoms with Crippen LogP contribution in [0.1, 0.15) is 11.4 Å². The summed E-state index contributed by atoms with van der Waals surface area (Å²) in [4.78, 5) is 4.29. The second-order valence-electron chi connectivity index (χ2n) is 4.64. The van der Waals surface area contributed by atoms with Crippen LogP contribution in [0.5, 0.6) is 0 Å². The second kappa shape index (κ2) is 6.36. The van der Waals surface area contributed by atoms with Crippen molar-refractivity contribution in [2.75, 3.05) is 5.32 Å². The van der Waals surface area contributed by atoms with Gasteiger partial charge in [-0.25, -0.2) is 4.98 Å². The largest absolute Gasteiger partial charge is 0.330 e. The molecule has 0 aliphatic rings. The fourth-order valence-electron chi connectivity index (χ4n) is 1.93. The summed E-state index contributed by atoms with van der Waals surface area (Å²) in [5.74, 6) is 0.796. The molecule has 108 valence electrons. The van der Waals surface area contributed by atoms with E-state index in [0.29, 0.717) is 0 Å². The van der Waals surface area contributed by atoms with Crippen LogP contribution in [0.15, 0.2) is 41.1 Å². The van der Waals surface area contributed by atoms with Crippen LogP contribution in [0.2, 0.25) is 0 Å². The lowest BCUT2D eigenvalue weighted by atomic mass is 10.1. The zero-order valence-corrected chi connectivity index (χ0v) is 13.9. The van der Waals surface area contributed by atoms with Crippen molar-refractivity contribution in [3.8, 4) is 0 Å². The first-order valence-electron chi connectivity index (χ1n) is 6.53. The number of anilines is 2. The highest BCUT2D eigenvalue weighted by molar-refractivity contribution is 9.10. The van der Waals surface area contributed by atoms with Crippen LogP contribution in [0.3, 0.4) is 0 Å². The molecule has 7 heteroatoms. The van der Waals surface area contributed by atoms with E-state index in [1.165, 1.54) is 17.1 Å². The molecular formula is C14H14BrN5S. The number of nitrogens with one attached hydrogen (secondary N) is 1. The van der Waals surface area contributed by atoms with Crippen molar-refractivity contribution >= 4 is 38.3 Å². The van der Waals surface area contributed by atoms with Gasteiger partial charge in [0.15, 0.2) is 0 Å². The smallest absolute Gasteiger partial charge is 0.207 e. The Morgan fingerprint density at radius 2 is 2.10 bits per heavy atom. The number of aryl methyl sites for hydroxylation is 3. The number of hydrogen-bond donors (Lipinski definition) is 1. The van der Waals surface area contributed by atoms with E-state index in [0.717, 1.165) is 34.1 Å². The Labute approximate surface area is 135 Å². The van der Waals surface area contributed by atoms with Gasteiger partial charge in [-0.15, -0.1) is 0 Å². The van der Waals surface area contributed by atoms with E-state index in [4.69, 9.17) is 0 Å². The molecule has 0 saturated carbocycles. The number of aromatic nitrogens is 4. The van der Waals surface area contributed by atoms with Gasteiger partial charge in [0, 0.05) is 30.0 Å². The lowest BCUT2D eigenvalue weighted by molar-refractivity contribution is 0.614. The zero-order chi connectivity index (χ0) is 14.7. The molecule has 0 saturated heterocycles. The zero-order valence-electron chi connectivity index (χ0n) is 11.5. The number of rotatable bonds is 5. The molecule has 3 rings (SSSR count). The van der Waals surface area contributed by atoms with Gasteiger partial charge in [0.25, 0.3) is 0 Å². The van der Waals surface area contributed by atoms with Crippen LogP contribution in [0, 0.1) is 6.92 Å². The molecule has 1 aromatic carbocycles. The van der Waals surface area contributed by atoms with E-state index in [2.05, 4.69) is 60.0 Å². The van der Waals surface area contributed by atoms with Gasteiger partial charge in [-0.05, 0) is 47.0 Å². The van der Waals surface area contributed by atoms with E-state index in [-0.39, 0.29) is 0 Å². The molecule has 0 fully saturated rings. The minimum atomic E-state index is 0.796. The van der Waals surface area contributed by atoms with E-state index in [9.17, 15) is 0 Å². The SMILES string of the molecule is Cc1nsc(Nc2ccc(CCn3cc(Br)cn3)cc2)n1. The van der Waals surface area contributed by atoms with E-state index < -0.39 is 0 Å². The van der Waals surface area contributed by atoms with Gasteiger partial charge in [-0.2, -0.15) is 9.47 Å². The summed E-state index contributed by atoms with van der Waals surface area (Å²) in [5, 5.41) is 8.32. The van der Waals surface area contributed by atoms with E-state index in [1.54, 1.807) is 6.20 Å². The van der Waals surface area contributed by atoms with Crippen LogP contribution in [0.25, 0.3) is 0 Å². The predicted octanol–water partition coefficient (Wildman–Crippen LogP) is 3.79. The van der Waals surface area contributed by atoms with Crippen LogP contribution in [0.4, 0.5) is 10.8 Å². The predicted molar refractivity (Wildman–Crippen MR) is 88.0 cm³/mol. The molecule has 0 radical (unpaired) electrons. The molecule has 5 nitrogen and oxygen atoms in total. The van der Waals surface area contributed by atoms with Crippen molar-refractivity contribution in [2.24, 2.45) is 0 Å². The highest BCUT2D eigenvalue weighted by Crippen LogP contribution is 2.19. The summed E-state index contributed by atoms with van der Waals surface area (Å²) in [5.41, 5.74) is 2.30. The Morgan fingerprint density at radius 3 is 2.71 bits per heavy atom. The maximum atomic E-state index is 4.29. The van der Waals surface area contributed by atoms with Crippen LogP contribution < -0.4 is 5.32 Å². The molecule has 1 N–H and O–H groups in total. The Hall–Kier alpha value is -1.73. The van der Waals surface area contributed by atoms with Crippen molar-refractivity contribution < 1.29 is 0 Å². The Balaban J connectivity index is 1.58. The third-order valence-corrected chi connectivity index (χ3v) is 4.10. The molecule has 0 aliphatic heterocycles. The van der Waals surface area contributed by atoms with Crippen LogP contribution in [-0.4, -0.2) is 19.1 Å². The van der Waals surface area contributed by atoms with Crippen molar-refractivity contribution in [3.05, 3.63) is 52.5 Å².